The second kappa shape index (κ2) is 9.00. The molecule has 34 heavy (non-hydrogen) atoms. The zero-order valence-corrected chi connectivity index (χ0v) is 18.1. The third-order valence-corrected chi connectivity index (χ3v) is 5.66. The smallest absolute Gasteiger partial charge is 0.349 e. The summed E-state index contributed by atoms with van der Waals surface area (Å²) >= 11 is 0. The van der Waals surface area contributed by atoms with E-state index in [0.29, 0.717) is 22.8 Å². The second-order valence-corrected chi connectivity index (χ2v) is 7.77. The molecule has 0 saturated carbocycles. The molecule has 4 aromatic carbocycles. The minimum Gasteiger partial charge on any atom is -0.482 e. The van der Waals surface area contributed by atoms with Gasteiger partial charge in [0.05, 0.1) is 5.92 Å². The number of carbonyl (C=O) groups is 1. The molecule has 0 radical (unpaired) electrons. The molecule has 1 heterocycles. The van der Waals surface area contributed by atoms with Gasteiger partial charge in [-0.15, -0.1) is 0 Å². The van der Waals surface area contributed by atoms with Crippen LogP contribution in [0.5, 0.6) is 17.2 Å². The monoisotopic (exact) mass is 448 g/mol. The Morgan fingerprint density at radius 3 is 2.50 bits per heavy atom. The molecule has 0 aliphatic carbocycles. The Morgan fingerprint density at radius 1 is 0.912 bits per heavy atom. The number of nitriles is 1. The molecule has 2 N–H and O–H groups in total. The Bertz CT molecular complexity index is 1450. The van der Waals surface area contributed by atoms with Crippen molar-refractivity contribution in [3.63, 3.8) is 0 Å². The predicted molar refractivity (Wildman–Crippen MR) is 127 cm³/mol. The van der Waals surface area contributed by atoms with Gasteiger partial charge in [-0.3, -0.25) is 0 Å². The van der Waals surface area contributed by atoms with Crippen molar-refractivity contribution in [2.45, 2.75) is 5.92 Å². The molecule has 0 spiro atoms. The van der Waals surface area contributed by atoms with Crippen molar-refractivity contribution in [2.75, 3.05) is 6.61 Å². The molecular formula is C28H20N2O4. The third kappa shape index (κ3) is 4.03. The average molecular weight is 448 g/mol. The van der Waals surface area contributed by atoms with Crippen molar-refractivity contribution in [1.29, 1.82) is 5.26 Å². The molecule has 4 aromatic rings. The van der Waals surface area contributed by atoms with E-state index in [1.54, 1.807) is 30.3 Å². The number of nitrogens with zero attached hydrogens (tertiary/aromatic N) is 1. The van der Waals surface area contributed by atoms with E-state index in [2.05, 4.69) is 6.07 Å². The van der Waals surface area contributed by atoms with E-state index in [1.807, 2.05) is 60.7 Å². The summed E-state index contributed by atoms with van der Waals surface area (Å²) < 4.78 is 16.6. The Labute approximate surface area is 196 Å². The molecule has 0 aromatic heterocycles. The molecular weight excluding hydrogens is 428 g/mol. The number of nitrogens with two attached hydrogens (primary N) is 1. The number of benzene rings is 4. The number of rotatable bonds is 5. The molecule has 5 rings (SSSR count). The molecule has 1 aliphatic rings. The predicted octanol–water partition coefficient (Wildman–Crippen LogP) is 5.04. The summed E-state index contributed by atoms with van der Waals surface area (Å²) in [6.45, 7) is -0.235. The van der Waals surface area contributed by atoms with Gasteiger partial charge in [-0.1, -0.05) is 66.7 Å². The van der Waals surface area contributed by atoms with Gasteiger partial charge in [0.2, 0.25) is 5.88 Å². The third-order valence-electron chi connectivity index (χ3n) is 5.66. The fourth-order valence-electron chi connectivity index (χ4n) is 4.14. The minimum absolute atomic E-state index is 0.0313. The summed E-state index contributed by atoms with van der Waals surface area (Å²) in [6, 6.07) is 30.3. The summed E-state index contributed by atoms with van der Waals surface area (Å²) in [7, 11) is 0. The van der Waals surface area contributed by atoms with E-state index in [1.165, 1.54) is 0 Å². The van der Waals surface area contributed by atoms with Crippen LogP contribution >= 0.6 is 0 Å². The molecule has 166 valence electrons. The lowest BCUT2D eigenvalue weighted by Gasteiger charge is -2.27. The normalized spacial score (nSPS) is 14.6. The van der Waals surface area contributed by atoms with Crippen LogP contribution in [0.1, 0.15) is 17.0 Å². The zero-order chi connectivity index (χ0) is 23.5. The molecule has 0 bridgehead atoms. The van der Waals surface area contributed by atoms with E-state index >= 15 is 0 Å². The highest BCUT2D eigenvalue weighted by Crippen LogP contribution is 2.45. The van der Waals surface area contributed by atoms with Crippen LogP contribution in [0.15, 0.2) is 102 Å². The highest BCUT2D eigenvalue weighted by Gasteiger charge is 2.32. The maximum Gasteiger partial charge on any atom is 0.349 e. The highest BCUT2D eigenvalue weighted by molar-refractivity contribution is 5.87. The van der Waals surface area contributed by atoms with Crippen molar-refractivity contribution in [2.24, 2.45) is 5.73 Å². The van der Waals surface area contributed by atoms with E-state index in [9.17, 15) is 10.1 Å². The van der Waals surface area contributed by atoms with Gasteiger partial charge in [0.1, 0.15) is 28.9 Å². The SMILES string of the molecule is N#CC1=C(N)Oc2cc(OC(=O)COc3ccccc3)ccc2C1c1cccc2ccccc12. The Kier molecular flexibility index (Phi) is 5.59. The summed E-state index contributed by atoms with van der Waals surface area (Å²) in [6.07, 6.45) is 0. The molecule has 1 aliphatic heterocycles. The molecule has 1 unspecified atom stereocenters. The number of esters is 1. The standard InChI is InChI=1S/C28H20N2O4/c29-16-24-27(22-12-6-8-18-7-4-5-11-21(18)22)23-14-13-20(15-25(23)34-28(24)30)33-26(31)17-32-19-9-2-1-3-10-19/h1-15,27H,17,30H2. The molecule has 6 nitrogen and oxygen atoms in total. The van der Waals surface area contributed by atoms with Crippen molar-refractivity contribution in [1.82, 2.24) is 0 Å². The fourth-order valence-corrected chi connectivity index (χ4v) is 4.14. The molecule has 6 heteroatoms. The second-order valence-electron chi connectivity index (χ2n) is 7.77. The van der Waals surface area contributed by atoms with Crippen molar-refractivity contribution in [3.05, 3.63) is 114 Å². The first-order valence-electron chi connectivity index (χ1n) is 10.7. The first-order valence-corrected chi connectivity index (χ1v) is 10.7. The number of hydrogen-bond acceptors (Lipinski definition) is 6. The van der Waals surface area contributed by atoms with Gasteiger partial charge in [0, 0.05) is 11.6 Å². The average Bonchev–Trinajstić information content (AvgIpc) is 2.87. The number of carbonyl (C=O) groups excluding carboxylic acids is 1. The highest BCUT2D eigenvalue weighted by atomic mass is 16.6. The number of hydrogen-bond donors (Lipinski definition) is 1. The van der Waals surface area contributed by atoms with Crippen molar-refractivity contribution >= 4 is 16.7 Å². The van der Waals surface area contributed by atoms with Gasteiger partial charge in [0.25, 0.3) is 0 Å². The maximum atomic E-state index is 12.3. The topological polar surface area (TPSA) is 94.6 Å². The summed E-state index contributed by atoms with van der Waals surface area (Å²) in [5.41, 5.74) is 8.20. The lowest BCUT2D eigenvalue weighted by atomic mass is 9.81. The van der Waals surface area contributed by atoms with Crippen LogP contribution in [0.4, 0.5) is 0 Å². The van der Waals surface area contributed by atoms with Crippen LogP contribution in [0.3, 0.4) is 0 Å². The molecule has 0 amide bonds. The van der Waals surface area contributed by atoms with E-state index in [4.69, 9.17) is 19.9 Å². The first-order chi connectivity index (χ1) is 16.6. The number of para-hydroxylation sites is 1. The van der Waals surface area contributed by atoms with E-state index in [0.717, 1.165) is 21.9 Å². The van der Waals surface area contributed by atoms with Gasteiger partial charge in [-0.05, 0) is 34.5 Å². The fraction of sp³-hybridized carbons (Fsp3) is 0.0714. The van der Waals surface area contributed by atoms with Crippen LogP contribution in [0.25, 0.3) is 10.8 Å². The summed E-state index contributed by atoms with van der Waals surface area (Å²) in [4.78, 5) is 12.3. The Morgan fingerprint density at radius 2 is 1.68 bits per heavy atom. The van der Waals surface area contributed by atoms with Crippen molar-refractivity contribution in [3.8, 4) is 23.3 Å². The van der Waals surface area contributed by atoms with Crippen LogP contribution in [-0.4, -0.2) is 12.6 Å². The van der Waals surface area contributed by atoms with Crippen LogP contribution < -0.4 is 19.9 Å². The summed E-state index contributed by atoms with van der Waals surface area (Å²) in [5.74, 6) is 0.378. The van der Waals surface area contributed by atoms with Gasteiger partial charge in [0.15, 0.2) is 6.61 Å². The Balaban J connectivity index is 1.45. The maximum absolute atomic E-state index is 12.3. The van der Waals surface area contributed by atoms with Gasteiger partial charge >= 0.3 is 5.97 Å². The Hall–Kier alpha value is -4.76. The zero-order valence-electron chi connectivity index (χ0n) is 18.1. The lowest BCUT2D eigenvalue weighted by Crippen LogP contribution is -2.22. The van der Waals surface area contributed by atoms with Gasteiger partial charge in [-0.25, -0.2) is 4.79 Å². The van der Waals surface area contributed by atoms with Crippen LogP contribution in [-0.2, 0) is 4.79 Å². The van der Waals surface area contributed by atoms with E-state index < -0.39 is 11.9 Å². The number of fused-ring (bicyclic) bond motifs is 2. The van der Waals surface area contributed by atoms with Gasteiger partial charge < -0.3 is 19.9 Å². The van der Waals surface area contributed by atoms with E-state index in [-0.39, 0.29) is 12.5 Å². The lowest BCUT2D eigenvalue weighted by molar-refractivity contribution is -0.136. The minimum atomic E-state index is -0.550. The van der Waals surface area contributed by atoms with Crippen LogP contribution in [0, 0.1) is 11.3 Å². The first kappa shape index (κ1) is 21.1. The molecule has 1 atom stereocenters. The molecule has 0 saturated heterocycles. The largest absolute Gasteiger partial charge is 0.482 e. The molecule has 0 fully saturated rings. The number of ether oxygens (including phenoxy) is 3. The number of allylic oxidation sites excluding steroid dienone is 1. The van der Waals surface area contributed by atoms with Gasteiger partial charge in [-0.2, -0.15) is 5.26 Å². The van der Waals surface area contributed by atoms with Crippen LogP contribution in [0.2, 0.25) is 0 Å². The quantitative estimate of drug-likeness (QED) is 0.339. The van der Waals surface area contributed by atoms with Crippen molar-refractivity contribution < 1.29 is 19.0 Å². The summed E-state index contributed by atoms with van der Waals surface area (Å²) in [5, 5.41) is 12.0.